The second-order valence-electron chi connectivity index (χ2n) is 8.20. The number of aliphatic imine (C=N–C) groups is 1. The summed E-state index contributed by atoms with van der Waals surface area (Å²) in [6.07, 6.45) is 0.227. The molecule has 0 amide bonds. The van der Waals surface area contributed by atoms with Gasteiger partial charge in [-0.2, -0.15) is 0 Å². The van der Waals surface area contributed by atoms with Crippen molar-refractivity contribution in [3.8, 4) is 5.75 Å². The third-order valence-electron chi connectivity index (χ3n) is 5.27. The molecule has 0 aliphatic heterocycles. The maximum atomic E-state index is 10.4. The van der Waals surface area contributed by atoms with Gasteiger partial charge in [-0.1, -0.05) is 41.9 Å². The fourth-order valence-electron chi connectivity index (χ4n) is 3.36. The Bertz CT molecular complexity index is 925. The fourth-order valence-corrected chi connectivity index (χ4v) is 3.56. The van der Waals surface area contributed by atoms with E-state index in [0.717, 1.165) is 29.0 Å². The van der Waals surface area contributed by atoms with Crippen molar-refractivity contribution in [1.82, 2.24) is 4.90 Å². The number of methoxy groups -OCH3 is 1. The molecule has 2 rings (SSSR count). The quantitative estimate of drug-likeness (QED) is 0.428. The summed E-state index contributed by atoms with van der Waals surface area (Å²) in [5, 5.41) is 11.2. The van der Waals surface area contributed by atoms with Crippen molar-refractivity contribution in [2.45, 2.75) is 32.9 Å². The number of likely N-dealkylation sites (N-methyl/N-ethyl adjacent to an activating group) is 1. The summed E-state index contributed by atoms with van der Waals surface area (Å²) in [6, 6.07) is 15.5. The lowest BCUT2D eigenvalue weighted by atomic mass is 10.1. The number of aliphatic hydroxyl groups is 1. The van der Waals surface area contributed by atoms with Crippen LogP contribution in [0.15, 0.2) is 64.8 Å². The van der Waals surface area contributed by atoms with Crippen molar-refractivity contribution < 1.29 is 14.6 Å². The molecule has 2 aromatic carbocycles. The maximum absolute atomic E-state index is 10.4. The number of rotatable bonds is 13. The molecule has 2 aromatic rings. The van der Waals surface area contributed by atoms with E-state index in [2.05, 4.69) is 4.99 Å². The molecule has 7 heteroatoms. The van der Waals surface area contributed by atoms with Gasteiger partial charge in [0, 0.05) is 42.2 Å². The molecule has 0 spiro atoms. The summed E-state index contributed by atoms with van der Waals surface area (Å²) < 4.78 is 10.8. The number of benzene rings is 2. The van der Waals surface area contributed by atoms with Crippen LogP contribution >= 0.6 is 11.6 Å². The van der Waals surface area contributed by atoms with Gasteiger partial charge in [0.05, 0.1) is 13.2 Å². The number of hydrogen-bond acceptors (Lipinski definition) is 6. The zero-order valence-electron chi connectivity index (χ0n) is 20.1. The highest BCUT2D eigenvalue weighted by Gasteiger charge is 2.14. The van der Waals surface area contributed by atoms with Crippen LogP contribution in [0, 0.1) is 0 Å². The number of ether oxygens (including phenoxy) is 2. The third kappa shape index (κ3) is 9.56. The van der Waals surface area contributed by atoms with E-state index < -0.39 is 6.10 Å². The number of nitrogens with two attached hydrogens (primary N) is 1. The Morgan fingerprint density at radius 2 is 1.85 bits per heavy atom. The zero-order chi connectivity index (χ0) is 24.2. The molecule has 1 unspecified atom stereocenters. The van der Waals surface area contributed by atoms with Gasteiger partial charge < -0.3 is 20.3 Å². The van der Waals surface area contributed by atoms with Crippen LogP contribution in [-0.4, -0.2) is 62.3 Å². The van der Waals surface area contributed by atoms with Crippen molar-refractivity contribution >= 4 is 17.3 Å². The lowest BCUT2D eigenvalue weighted by molar-refractivity contribution is 0.0791. The number of nitrogens with zero attached hydrogens (tertiary/aromatic N) is 2. The standard InChI is InChI=1S/C26H36ClN3O3/c1-19(28)25(20(2)29-15-22-7-5-6-8-26(22)27)17-30(3)16-23(31)18-33-24-11-9-21(10-12-24)13-14-32-4/h5-12,23,31H,13-18,28H2,1-4H3/b25-19-,29-20?. The molecule has 0 saturated heterocycles. The molecule has 180 valence electrons. The molecule has 0 aliphatic carbocycles. The molecule has 0 aliphatic rings. The van der Waals surface area contributed by atoms with E-state index in [1.807, 2.05) is 74.3 Å². The van der Waals surface area contributed by atoms with Gasteiger partial charge in [-0.15, -0.1) is 0 Å². The second kappa shape index (κ2) is 14.0. The minimum absolute atomic E-state index is 0.210. The molecule has 0 heterocycles. The molecule has 3 N–H and O–H groups in total. The monoisotopic (exact) mass is 473 g/mol. The summed E-state index contributed by atoms with van der Waals surface area (Å²) in [5.74, 6) is 0.735. The predicted molar refractivity (Wildman–Crippen MR) is 136 cm³/mol. The average Bonchev–Trinajstić information content (AvgIpc) is 2.79. The Labute approximate surface area is 202 Å². The first-order chi connectivity index (χ1) is 15.8. The van der Waals surface area contributed by atoms with E-state index in [0.29, 0.717) is 37.0 Å². The highest BCUT2D eigenvalue weighted by Crippen LogP contribution is 2.17. The Morgan fingerprint density at radius 3 is 2.48 bits per heavy atom. The van der Waals surface area contributed by atoms with Gasteiger partial charge in [0.2, 0.25) is 0 Å². The van der Waals surface area contributed by atoms with Crippen LogP contribution in [0.2, 0.25) is 5.02 Å². The molecule has 0 bridgehead atoms. The molecule has 0 aromatic heterocycles. The van der Waals surface area contributed by atoms with Gasteiger partial charge in [0.25, 0.3) is 0 Å². The van der Waals surface area contributed by atoms with Crippen LogP contribution in [0.5, 0.6) is 5.75 Å². The highest BCUT2D eigenvalue weighted by atomic mass is 35.5. The van der Waals surface area contributed by atoms with E-state index in [1.165, 1.54) is 5.56 Å². The first kappa shape index (κ1) is 26.9. The topological polar surface area (TPSA) is 80.3 Å². The number of hydrogen-bond donors (Lipinski definition) is 2. The molecule has 0 saturated carbocycles. The highest BCUT2D eigenvalue weighted by molar-refractivity contribution is 6.31. The molecule has 6 nitrogen and oxygen atoms in total. The number of aliphatic hydroxyl groups excluding tert-OH is 1. The fraction of sp³-hybridized carbons (Fsp3) is 0.423. The van der Waals surface area contributed by atoms with Crippen molar-refractivity contribution in [2.75, 3.05) is 40.5 Å². The summed E-state index contributed by atoms with van der Waals surface area (Å²) in [6.45, 7) is 6.23. The van der Waals surface area contributed by atoms with Gasteiger partial charge in [-0.25, -0.2) is 0 Å². The predicted octanol–water partition coefficient (Wildman–Crippen LogP) is 4.09. The van der Waals surface area contributed by atoms with E-state index in [4.69, 9.17) is 26.8 Å². The largest absolute Gasteiger partial charge is 0.491 e. The minimum atomic E-state index is -0.636. The minimum Gasteiger partial charge on any atom is -0.491 e. The van der Waals surface area contributed by atoms with Crippen LogP contribution in [0.4, 0.5) is 0 Å². The van der Waals surface area contributed by atoms with E-state index in [-0.39, 0.29) is 6.61 Å². The Morgan fingerprint density at radius 1 is 1.15 bits per heavy atom. The molecular weight excluding hydrogens is 438 g/mol. The van der Waals surface area contributed by atoms with E-state index in [1.54, 1.807) is 7.11 Å². The lowest BCUT2D eigenvalue weighted by Crippen LogP contribution is -2.35. The summed E-state index contributed by atoms with van der Waals surface area (Å²) in [5.41, 5.74) is 10.8. The Hall–Kier alpha value is -2.38. The number of halogens is 1. The lowest BCUT2D eigenvalue weighted by Gasteiger charge is -2.23. The van der Waals surface area contributed by atoms with Crippen LogP contribution in [0.25, 0.3) is 0 Å². The first-order valence-electron chi connectivity index (χ1n) is 11.1. The van der Waals surface area contributed by atoms with Crippen LogP contribution in [0.3, 0.4) is 0 Å². The van der Waals surface area contributed by atoms with Crippen LogP contribution in [0.1, 0.15) is 25.0 Å². The third-order valence-corrected chi connectivity index (χ3v) is 5.64. The molecule has 33 heavy (non-hydrogen) atoms. The molecular formula is C26H36ClN3O3. The zero-order valence-corrected chi connectivity index (χ0v) is 20.8. The summed E-state index contributed by atoms with van der Waals surface area (Å²) in [7, 11) is 3.64. The summed E-state index contributed by atoms with van der Waals surface area (Å²) >= 11 is 6.23. The van der Waals surface area contributed by atoms with E-state index in [9.17, 15) is 5.11 Å². The van der Waals surface area contributed by atoms with Gasteiger partial charge in [-0.3, -0.25) is 9.89 Å². The van der Waals surface area contributed by atoms with Crippen LogP contribution < -0.4 is 10.5 Å². The van der Waals surface area contributed by atoms with Crippen LogP contribution in [-0.2, 0) is 17.7 Å². The maximum Gasteiger partial charge on any atom is 0.119 e. The van der Waals surface area contributed by atoms with Crippen molar-refractivity contribution in [2.24, 2.45) is 10.7 Å². The molecule has 1 atom stereocenters. The Balaban J connectivity index is 1.86. The normalized spacial score (nSPS) is 13.7. The van der Waals surface area contributed by atoms with Gasteiger partial charge in [-0.05, 0) is 56.6 Å². The van der Waals surface area contributed by atoms with Gasteiger partial charge >= 0.3 is 0 Å². The average molecular weight is 474 g/mol. The van der Waals surface area contributed by atoms with Crippen molar-refractivity contribution in [3.05, 3.63) is 76.0 Å². The van der Waals surface area contributed by atoms with Crippen molar-refractivity contribution in [3.63, 3.8) is 0 Å². The molecule has 0 radical (unpaired) electrons. The van der Waals surface area contributed by atoms with Crippen molar-refractivity contribution in [1.29, 1.82) is 0 Å². The van der Waals surface area contributed by atoms with Gasteiger partial charge in [0.1, 0.15) is 18.5 Å². The molecule has 0 fully saturated rings. The number of allylic oxidation sites excluding steroid dienone is 1. The second-order valence-corrected chi connectivity index (χ2v) is 8.61. The van der Waals surface area contributed by atoms with Gasteiger partial charge in [0.15, 0.2) is 0 Å². The first-order valence-corrected chi connectivity index (χ1v) is 11.4. The van der Waals surface area contributed by atoms with E-state index >= 15 is 0 Å². The smallest absolute Gasteiger partial charge is 0.119 e. The summed E-state index contributed by atoms with van der Waals surface area (Å²) in [4.78, 5) is 6.70. The SMILES string of the molecule is COCCc1ccc(OCC(O)CN(C)C/C(C(C)=NCc2ccccc2Cl)=C(\C)N)cc1. The Kier molecular flexibility index (Phi) is 11.4.